The first-order valence-corrected chi connectivity index (χ1v) is 8.91. The third-order valence-electron chi connectivity index (χ3n) is 4.86. The summed E-state index contributed by atoms with van der Waals surface area (Å²) in [6.45, 7) is 7.71. The monoisotopic (exact) mass is 380 g/mol. The SMILES string of the molecule is COC(=O)C1=C(O)/C(=C/c2cc(C)n(-c3cc(C)ccc3OC)c2C)N=C1C. The lowest BCUT2D eigenvalue weighted by Gasteiger charge is -2.14. The number of hydrogen-bond donors (Lipinski definition) is 1. The van der Waals surface area contributed by atoms with E-state index in [4.69, 9.17) is 9.47 Å². The Morgan fingerprint density at radius 1 is 1.14 bits per heavy atom. The highest BCUT2D eigenvalue weighted by molar-refractivity contribution is 6.22. The van der Waals surface area contributed by atoms with E-state index in [-0.39, 0.29) is 11.3 Å². The Balaban J connectivity index is 2.12. The molecule has 0 aliphatic carbocycles. The summed E-state index contributed by atoms with van der Waals surface area (Å²) >= 11 is 0. The molecule has 0 fully saturated rings. The van der Waals surface area contributed by atoms with Crippen molar-refractivity contribution in [2.75, 3.05) is 14.2 Å². The van der Waals surface area contributed by atoms with Gasteiger partial charge in [0.1, 0.15) is 17.0 Å². The van der Waals surface area contributed by atoms with E-state index in [1.54, 1.807) is 20.1 Å². The minimum atomic E-state index is -0.600. The zero-order valence-electron chi connectivity index (χ0n) is 17.0. The Hall–Kier alpha value is -3.28. The normalized spacial score (nSPS) is 15.2. The maximum atomic E-state index is 11.9. The van der Waals surface area contributed by atoms with Gasteiger partial charge in [0.05, 0.1) is 25.6 Å². The number of carbonyl (C=O) groups excluding carboxylic acids is 1. The lowest BCUT2D eigenvalue weighted by molar-refractivity contribution is -0.135. The number of hydrogen-bond acceptors (Lipinski definition) is 5. The van der Waals surface area contributed by atoms with Crippen molar-refractivity contribution in [3.05, 3.63) is 63.8 Å². The molecule has 2 heterocycles. The summed E-state index contributed by atoms with van der Waals surface area (Å²) in [5.41, 5.74) is 5.84. The van der Waals surface area contributed by atoms with Crippen molar-refractivity contribution in [2.45, 2.75) is 27.7 Å². The average molecular weight is 380 g/mol. The number of aryl methyl sites for hydroxylation is 2. The minimum absolute atomic E-state index is 0.0999. The number of aromatic nitrogens is 1. The summed E-state index contributed by atoms with van der Waals surface area (Å²) in [7, 11) is 2.93. The molecular formula is C22H24N2O4. The van der Waals surface area contributed by atoms with Gasteiger partial charge in [-0.25, -0.2) is 9.79 Å². The summed E-state index contributed by atoms with van der Waals surface area (Å²) < 4.78 is 12.4. The molecule has 6 nitrogen and oxygen atoms in total. The highest BCUT2D eigenvalue weighted by Crippen LogP contribution is 2.32. The van der Waals surface area contributed by atoms with Crippen LogP contribution in [-0.2, 0) is 9.53 Å². The molecule has 146 valence electrons. The van der Waals surface area contributed by atoms with Gasteiger partial charge in [-0.2, -0.15) is 0 Å². The molecule has 6 heteroatoms. The van der Waals surface area contributed by atoms with Gasteiger partial charge >= 0.3 is 5.97 Å². The fraction of sp³-hybridized carbons (Fsp3) is 0.273. The number of aliphatic imine (C=N–C) groups is 1. The van der Waals surface area contributed by atoms with Crippen molar-refractivity contribution in [1.29, 1.82) is 0 Å². The van der Waals surface area contributed by atoms with Crippen molar-refractivity contribution in [2.24, 2.45) is 4.99 Å². The zero-order valence-corrected chi connectivity index (χ0v) is 17.0. The summed E-state index contributed by atoms with van der Waals surface area (Å²) in [4.78, 5) is 16.2. The van der Waals surface area contributed by atoms with Gasteiger partial charge in [-0.3, -0.25) is 0 Å². The molecule has 0 spiro atoms. The van der Waals surface area contributed by atoms with Crippen LogP contribution >= 0.6 is 0 Å². The molecule has 0 bridgehead atoms. The van der Waals surface area contributed by atoms with Gasteiger partial charge in [0, 0.05) is 11.4 Å². The predicted octanol–water partition coefficient (Wildman–Crippen LogP) is 4.21. The maximum Gasteiger partial charge on any atom is 0.343 e. The van der Waals surface area contributed by atoms with Crippen LogP contribution in [0.1, 0.15) is 29.4 Å². The van der Waals surface area contributed by atoms with Crippen LogP contribution in [0.25, 0.3) is 11.8 Å². The van der Waals surface area contributed by atoms with E-state index in [0.717, 1.165) is 34.0 Å². The third kappa shape index (κ3) is 3.22. The molecule has 1 aromatic heterocycles. The van der Waals surface area contributed by atoms with E-state index >= 15 is 0 Å². The van der Waals surface area contributed by atoms with Crippen LogP contribution in [0.4, 0.5) is 0 Å². The number of nitrogens with zero attached hydrogens (tertiary/aromatic N) is 2. The Morgan fingerprint density at radius 2 is 1.86 bits per heavy atom. The van der Waals surface area contributed by atoms with Crippen molar-refractivity contribution in [3.8, 4) is 11.4 Å². The third-order valence-corrected chi connectivity index (χ3v) is 4.86. The molecule has 0 amide bonds. The van der Waals surface area contributed by atoms with E-state index in [9.17, 15) is 9.90 Å². The van der Waals surface area contributed by atoms with Crippen molar-refractivity contribution in [1.82, 2.24) is 4.57 Å². The van der Waals surface area contributed by atoms with Crippen LogP contribution in [0.2, 0.25) is 0 Å². The van der Waals surface area contributed by atoms with E-state index in [1.165, 1.54) is 7.11 Å². The number of aliphatic hydroxyl groups is 1. The van der Waals surface area contributed by atoms with Gasteiger partial charge < -0.3 is 19.1 Å². The number of carbonyl (C=O) groups is 1. The fourth-order valence-electron chi connectivity index (χ4n) is 3.46. The van der Waals surface area contributed by atoms with Crippen molar-refractivity contribution < 1.29 is 19.4 Å². The quantitative estimate of drug-likeness (QED) is 0.807. The first kappa shape index (κ1) is 19.5. The summed E-state index contributed by atoms with van der Waals surface area (Å²) in [6, 6.07) is 8.04. The summed E-state index contributed by atoms with van der Waals surface area (Å²) in [5.74, 6) is 0.0106. The van der Waals surface area contributed by atoms with Crippen LogP contribution in [0.5, 0.6) is 5.75 Å². The average Bonchev–Trinajstić information content (AvgIpc) is 3.09. The maximum absolute atomic E-state index is 11.9. The molecule has 0 radical (unpaired) electrons. The Bertz CT molecular complexity index is 1050. The highest BCUT2D eigenvalue weighted by Gasteiger charge is 2.27. The second kappa shape index (κ2) is 7.38. The Labute approximate surface area is 164 Å². The zero-order chi connectivity index (χ0) is 20.6. The van der Waals surface area contributed by atoms with Gasteiger partial charge in [0.15, 0.2) is 5.76 Å². The van der Waals surface area contributed by atoms with Crippen molar-refractivity contribution in [3.63, 3.8) is 0 Å². The van der Waals surface area contributed by atoms with E-state index in [0.29, 0.717) is 11.4 Å². The van der Waals surface area contributed by atoms with Gasteiger partial charge in [0.25, 0.3) is 0 Å². The van der Waals surface area contributed by atoms with E-state index in [2.05, 4.69) is 15.6 Å². The highest BCUT2D eigenvalue weighted by atomic mass is 16.5. The van der Waals surface area contributed by atoms with Crippen LogP contribution in [0.15, 0.2) is 46.3 Å². The molecule has 3 rings (SSSR count). The molecule has 0 saturated carbocycles. The van der Waals surface area contributed by atoms with Gasteiger partial charge in [-0.1, -0.05) is 6.07 Å². The van der Waals surface area contributed by atoms with Crippen LogP contribution < -0.4 is 4.74 Å². The van der Waals surface area contributed by atoms with E-state index in [1.807, 2.05) is 39.0 Å². The molecule has 28 heavy (non-hydrogen) atoms. The van der Waals surface area contributed by atoms with Crippen LogP contribution in [0.3, 0.4) is 0 Å². The molecule has 1 aromatic carbocycles. The molecule has 0 unspecified atom stereocenters. The largest absolute Gasteiger partial charge is 0.505 e. The first-order chi connectivity index (χ1) is 13.3. The van der Waals surface area contributed by atoms with Crippen LogP contribution in [-0.4, -0.2) is 35.6 Å². The molecule has 2 aromatic rings. The van der Waals surface area contributed by atoms with E-state index < -0.39 is 5.97 Å². The standard InChI is InChI=1S/C22H24N2O4/c1-12-7-8-19(27-5)18(9-12)24-13(2)10-16(15(24)4)11-17-21(25)20(14(3)23-17)22(26)28-6/h7-11,25H,1-6H3/b17-11-. The summed E-state index contributed by atoms with van der Waals surface area (Å²) in [5, 5.41) is 10.5. The molecule has 1 N–H and O–H groups in total. The van der Waals surface area contributed by atoms with Gasteiger partial charge in [0.2, 0.25) is 0 Å². The lowest BCUT2D eigenvalue weighted by atomic mass is 10.1. The lowest BCUT2D eigenvalue weighted by Crippen LogP contribution is -2.11. The Morgan fingerprint density at radius 3 is 2.50 bits per heavy atom. The second-order valence-corrected chi connectivity index (χ2v) is 6.78. The number of rotatable bonds is 4. The topological polar surface area (TPSA) is 73.0 Å². The summed E-state index contributed by atoms with van der Waals surface area (Å²) in [6.07, 6.45) is 1.77. The van der Waals surface area contributed by atoms with Gasteiger partial charge in [-0.15, -0.1) is 0 Å². The molecule has 0 atom stereocenters. The number of ether oxygens (including phenoxy) is 2. The molecule has 1 aliphatic heterocycles. The Kier molecular flexibility index (Phi) is 5.14. The number of methoxy groups -OCH3 is 2. The fourth-order valence-corrected chi connectivity index (χ4v) is 3.46. The second-order valence-electron chi connectivity index (χ2n) is 6.78. The first-order valence-electron chi connectivity index (χ1n) is 8.91. The number of esters is 1. The predicted molar refractivity (Wildman–Crippen MR) is 109 cm³/mol. The number of benzene rings is 1. The van der Waals surface area contributed by atoms with Crippen LogP contribution in [0, 0.1) is 20.8 Å². The molecule has 1 aliphatic rings. The molecular weight excluding hydrogens is 356 g/mol. The van der Waals surface area contributed by atoms with Gasteiger partial charge in [-0.05, 0) is 63.1 Å². The number of aliphatic hydroxyl groups excluding tert-OH is 1. The molecule has 0 saturated heterocycles. The minimum Gasteiger partial charge on any atom is -0.505 e. The smallest absolute Gasteiger partial charge is 0.343 e. The van der Waals surface area contributed by atoms with Crippen molar-refractivity contribution >= 4 is 17.8 Å².